The zero-order valence-corrected chi connectivity index (χ0v) is 12.6. The van der Waals surface area contributed by atoms with Gasteiger partial charge in [0.05, 0.1) is 18.1 Å². The van der Waals surface area contributed by atoms with E-state index in [9.17, 15) is 13.2 Å². The first kappa shape index (κ1) is 14.5. The number of rotatable bonds is 5. The molecule has 1 saturated heterocycles. The maximum atomic E-state index is 12.2. The summed E-state index contributed by atoms with van der Waals surface area (Å²) >= 11 is 0. The van der Waals surface area contributed by atoms with Gasteiger partial charge in [0.2, 0.25) is 5.89 Å². The summed E-state index contributed by atoms with van der Waals surface area (Å²) in [7, 11) is -3.09. The fourth-order valence-corrected chi connectivity index (χ4v) is 4.53. The van der Waals surface area contributed by atoms with Crippen molar-refractivity contribution in [3.05, 3.63) is 11.7 Å². The topological polar surface area (TPSA) is 99.4 Å². The van der Waals surface area contributed by atoms with Crippen LogP contribution in [0.25, 0.3) is 0 Å². The molecule has 0 amide bonds. The van der Waals surface area contributed by atoms with Gasteiger partial charge < -0.3 is 9.26 Å². The smallest absolute Gasteiger partial charge is 0.318 e. The largest absolute Gasteiger partial charge is 0.465 e. The van der Waals surface area contributed by atoms with Gasteiger partial charge in [0, 0.05) is 5.92 Å². The number of aromatic nitrogens is 2. The van der Waals surface area contributed by atoms with E-state index in [-0.39, 0.29) is 29.9 Å². The van der Waals surface area contributed by atoms with Gasteiger partial charge in [-0.25, -0.2) is 8.42 Å². The van der Waals surface area contributed by atoms with E-state index >= 15 is 0 Å². The Morgan fingerprint density at radius 2 is 2.19 bits per heavy atom. The summed E-state index contributed by atoms with van der Waals surface area (Å²) in [6, 6.07) is 0. The molecule has 21 heavy (non-hydrogen) atoms. The number of sulfone groups is 1. The van der Waals surface area contributed by atoms with E-state index in [1.807, 2.05) is 0 Å². The molecule has 0 radical (unpaired) electrons. The van der Waals surface area contributed by atoms with Gasteiger partial charge >= 0.3 is 5.97 Å². The maximum absolute atomic E-state index is 12.2. The molecule has 0 N–H and O–H groups in total. The zero-order valence-electron chi connectivity index (χ0n) is 11.8. The minimum atomic E-state index is -3.09. The van der Waals surface area contributed by atoms with Crippen LogP contribution in [0.2, 0.25) is 0 Å². The Balaban J connectivity index is 1.85. The number of carbonyl (C=O) groups is 1. The standard InChI is InChI=1S/C13H18N2O5S/c1-2-19-13(16)10(9-5-6-21(17,18)7-9)12-14-11(15-20-12)8-3-4-8/h8-10H,2-7H2,1H3. The van der Waals surface area contributed by atoms with E-state index in [0.29, 0.717) is 18.2 Å². The second-order valence-corrected chi connectivity index (χ2v) is 7.89. The van der Waals surface area contributed by atoms with Crippen LogP contribution in [0.1, 0.15) is 49.7 Å². The van der Waals surface area contributed by atoms with Crippen LogP contribution in [0.4, 0.5) is 0 Å². The van der Waals surface area contributed by atoms with Crippen LogP contribution in [0.3, 0.4) is 0 Å². The molecule has 7 nitrogen and oxygen atoms in total. The van der Waals surface area contributed by atoms with Crippen LogP contribution in [0, 0.1) is 5.92 Å². The van der Waals surface area contributed by atoms with Gasteiger partial charge in [-0.2, -0.15) is 4.98 Å². The summed E-state index contributed by atoms with van der Waals surface area (Å²) in [5.74, 6) is -0.418. The second kappa shape index (κ2) is 5.40. The molecule has 8 heteroatoms. The number of hydrogen-bond acceptors (Lipinski definition) is 7. The van der Waals surface area contributed by atoms with Gasteiger partial charge in [0.1, 0.15) is 5.92 Å². The Morgan fingerprint density at radius 3 is 2.76 bits per heavy atom. The van der Waals surface area contributed by atoms with Crippen LogP contribution in [0.15, 0.2) is 4.52 Å². The molecule has 2 fully saturated rings. The molecule has 3 rings (SSSR count). The normalized spacial score (nSPS) is 25.7. The molecule has 2 aliphatic rings. The Labute approximate surface area is 123 Å². The van der Waals surface area contributed by atoms with Crippen molar-refractivity contribution in [3.63, 3.8) is 0 Å². The van der Waals surface area contributed by atoms with E-state index in [1.54, 1.807) is 6.92 Å². The Bertz CT molecular complexity index is 635. The third kappa shape index (κ3) is 3.09. The van der Waals surface area contributed by atoms with E-state index in [0.717, 1.165) is 12.8 Å². The molecule has 116 valence electrons. The van der Waals surface area contributed by atoms with Crippen LogP contribution < -0.4 is 0 Å². The predicted molar refractivity (Wildman–Crippen MR) is 72.4 cm³/mol. The number of ether oxygens (including phenoxy) is 1. The lowest BCUT2D eigenvalue weighted by Crippen LogP contribution is -2.25. The molecule has 1 aromatic heterocycles. The van der Waals surface area contributed by atoms with Crippen LogP contribution >= 0.6 is 0 Å². The average Bonchev–Trinajstić information content (AvgIpc) is 3.06. The van der Waals surface area contributed by atoms with Crippen molar-refractivity contribution in [2.24, 2.45) is 5.92 Å². The zero-order chi connectivity index (χ0) is 15.0. The van der Waals surface area contributed by atoms with Gasteiger partial charge in [-0.1, -0.05) is 5.16 Å². The van der Waals surface area contributed by atoms with Crippen molar-refractivity contribution >= 4 is 15.8 Å². The van der Waals surface area contributed by atoms with E-state index < -0.39 is 21.7 Å². The summed E-state index contributed by atoms with van der Waals surface area (Å²) in [5.41, 5.74) is 0. The van der Waals surface area contributed by atoms with E-state index in [1.165, 1.54) is 0 Å². The average molecular weight is 314 g/mol. The quantitative estimate of drug-likeness (QED) is 0.748. The first-order chi connectivity index (χ1) is 10.00. The van der Waals surface area contributed by atoms with E-state index in [4.69, 9.17) is 9.26 Å². The molecule has 0 spiro atoms. The molecule has 2 heterocycles. The van der Waals surface area contributed by atoms with Crippen molar-refractivity contribution in [2.45, 2.75) is 38.0 Å². The van der Waals surface area contributed by atoms with Crippen molar-refractivity contribution < 1.29 is 22.5 Å². The van der Waals surface area contributed by atoms with Crippen LogP contribution in [-0.4, -0.2) is 42.6 Å². The molecule has 1 aliphatic heterocycles. The second-order valence-electron chi connectivity index (χ2n) is 5.66. The van der Waals surface area contributed by atoms with Crippen molar-refractivity contribution in [3.8, 4) is 0 Å². The van der Waals surface area contributed by atoms with Crippen molar-refractivity contribution in [2.75, 3.05) is 18.1 Å². The van der Waals surface area contributed by atoms with Gasteiger partial charge in [0.15, 0.2) is 15.7 Å². The molecule has 1 aliphatic carbocycles. The highest BCUT2D eigenvalue weighted by Crippen LogP contribution is 2.40. The molecular weight excluding hydrogens is 296 g/mol. The maximum Gasteiger partial charge on any atom is 0.318 e. The van der Waals surface area contributed by atoms with Gasteiger partial charge in [0.25, 0.3) is 0 Å². The van der Waals surface area contributed by atoms with Crippen LogP contribution in [0.5, 0.6) is 0 Å². The van der Waals surface area contributed by atoms with Gasteiger partial charge in [-0.15, -0.1) is 0 Å². The Kier molecular flexibility index (Phi) is 3.73. The molecule has 2 atom stereocenters. The molecule has 0 bridgehead atoms. The fourth-order valence-electron chi connectivity index (χ4n) is 2.69. The van der Waals surface area contributed by atoms with Crippen LogP contribution in [-0.2, 0) is 19.4 Å². The summed E-state index contributed by atoms with van der Waals surface area (Å²) in [6.45, 7) is 1.95. The first-order valence-electron chi connectivity index (χ1n) is 7.20. The Morgan fingerprint density at radius 1 is 1.43 bits per heavy atom. The highest BCUT2D eigenvalue weighted by molar-refractivity contribution is 7.91. The predicted octanol–water partition coefficient (Wildman–Crippen LogP) is 1.03. The number of nitrogens with zero attached hydrogens (tertiary/aromatic N) is 2. The summed E-state index contributed by atoms with van der Waals surface area (Å²) in [5, 5.41) is 3.91. The van der Waals surface area contributed by atoms with Crippen molar-refractivity contribution in [1.29, 1.82) is 0 Å². The molecule has 1 aromatic rings. The molecule has 2 unspecified atom stereocenters. The minimum Gasteiger partial charge on any atom is -0.465 e. The monoisotopic (exact) mass is 314 g/mol. The lowest BCUT2D eigenvalue weighted by molar-refractivity contribution is -0.146. The van der Waals surface area contributed by atoms with Crippen molar-refractivity contribution in [1.82, 2.24) is 10.1 Å². The number of carbonyl (C=O) groups excluding carboxylic acids is 1. The SMILES string of the molecule is CCOC(=O)C(c1nc(C2CC2)no1)C1CCS(=O)(=O)C1. The highest BCUT2D eigenvalue weighted by atomic mass is 32.2. The third-order valence-corrected chi connectivity index (χ3v) is 5.74. The number of hydrogen-bond donors (Lipinski definition) is 0. The Hall–Kier alpha value is -1.44. The number of esters is 1. The first-order valence-corrected chi connectivity index (χ1v) is 9.03. The minimum absolute atomic E-state index is 0.0301. The lowest BCUT2D eigenvalue weighted by atomic mass is 9.91. The summed E-state index contributed by atoms with van der Waals surface area (Å²) in [4.78, 5) is 16.5. The summed E-state index contributed by atoms with van der Waals surface area (Å²) in [6.07, 6.45) is 2.48. The lowest BCUT2D eigenvalue weighted by Gasteiger charge is -2.16. The molecular formula is C13H18N2O5S. The fraction of sp³-hybridized carbons (Fsp3) is 0.769. The van der Waals surface area contributed by atoms with Gasteiger partial charge in [-0.05, 0) is 32.1 Å². The summed E-state index contributed by atoms with van der Waals surface area (Å²) < 4.78 is 33.6. The highest BCUT2D eigenvalue weighted by Gasteiger charge is 2.43. The van der Waals surface area contributed by atoms with Gasteiger partial charge in [-0.3, -0.25) is 4.79 Å². The molecule has 1 saturated carbocycles. The third-order valence-electron chi connectivity index (χ3n) is 3.95. The van der Waals surface area contributed by atoms with E-state index in [2.05, 4.69) is 10.1 Å². The molecule has 0 aromatic carbocycles.